The number of sulfonamides is 1. The summed E-state index contributed by atoms with van der Waals surface area (Å²) in [6.45, 7) is 5.09. The molecule has 0 aliphatic carbocycles. The number of likely N-dealkylation sites (N-methyl/N-ethyl adjacent to an activating group) is 1. The molecular weight excluding hydrogens is 553 g/mol. The van der Waals surface area contributed by atoms with Gasteiger partial charge in [-0.3, -0.25) is 13.9 Å². The molecule has 180 valence electrons. The Labute approximate surface area is 213 Å². The highest BCUT2D eigenvalue weighted by atomic mass is 79.9. The van der Waals surface area contributed by atoms with E-state index >= 15 is 0 Å². The number of anilines is 1. The van der Waals surface area contributed by atoms with E-state index in [0.717, 1.165) is 20.6 Å². The molecule has 0 saturated heterocycles. The number of carbonyl (C=O) groups excluding carboxylic acids is 2. The van der Waals surface area contributed by atoms with Gasteiger partial charge in [0, 0.05) is 27.6 Å². The van der Waals surface area contributed by atoms with Crippen molar-refractivity contribution >= 4 is 66.7 Å². The van der Waals surface area contributed by atoms with Crippen molar-refractivity contribution < 1.29 is 18.0 Å². The van der Waals surface area contributed by atoms with Crippen molar-refractivity contribution in [1.29, 1.82) is 0 Å². The lowest BCUT2D eigenvalue weighted by atomic mass is 10.1. The summed E-state index contributed by atoms with van der Waals surface area (Å²) in [6.07, 6.45) is 1.03. The van der Waals surface area contributed by atoms with Crippen LogP contribution in [0.3, 0.4) is 0 Å². The Balaban J connectivity index is 2.43. The fraction of sp³-hybridized carbons (Fsp3) is 0.364. The number of nitrogens with zero attached hydrogens (tertiary/aromatic N) is 2. The molecule has 2 aromatic rings. The molecular formula is C22H26BrCl2N3O4S. The summed E-state index contributed by atoms with van der Waals surface area (Å²) in [5, 5.41) is 3.47. The molecule has 0 aromatic heterocycles. The van der Waals surface area contributed by atoms with Crippen LogP contribution in [0, 0.1) is 6.92 Å². The van der Waals surface area contributed by atoms with E-state index in [9.17, 15) is 18.0 Å². The van der Waals surface area contributed by atoms with Crippen molar-refractivity contribution in [1.82, 2.24) is 10.2 Å². The molecule has 1 unspecified atom stereocenters. The van der Waals surface area contributed by atoms with Crippen molar-refractivity contribution in [3.8, 4) is 0 Å². The highest BCUT2D eigenvalue weighted by Gasteiger charge is 2.30. The van der Waals surface area contributed by atoms with Crippen LogP contribution in [0.15, 0.2) is 40.9 Å². The largest absolute Gasteiger partial charge is 0.355 e. The summed E-state index contributed by atoms with van der Waals surface area (Å²) in [6, 6.07) is 8.99. The van der Waals surface area contributed by atoms with E-state index in [0.29, 0.717) is 27.8 Å². The first-order valence-electron chi connectivity index (χ1n) is 10.1. The average molecular weight is 579 g/mol. The fourth-order valence-electron chi connectivity index (χ4n) is 3.14. The van der Waals surface area contributed by atoms with Crippen LogP contribution in [0.5, 0.6) is 0 Å². The summed E-state index contributed by atoms with van der Waals surface area (Å²) in [4.78, 5) is 27.3. The molecule has 1 N–H and O–H groups in total. The molecule has 2 rings (SSSR count). The normalized spacial score (nSPS) is 12.2. The van der Waals surface area contributed by atoms with E-state index < -0.39 is 28.5 Å². The van der Waals surface area contributed by atoms with E-state index in [2.05, 4.69) is 21.2 Å². The van der Waals surface area contributed by atoms with Gasteiger partial charge >= 0.3 is 0 Å². The number of rotatable bonds is 9. The zero-order valence-electron chi connectivity index (χ0n) is 18.7. The first-order chi connectivity index (χ1) is 15.3. The summed E-state index contributed by atoms with van der Waals surface area (Å²) >= 11 is 15.7. The summed E-state index contributed by atoms with van der Waals surface area (Å²) in [5.74, 6) is -0.910. The number of hydrogen-bond donors (Lipinski definition) is 1. The smallest absolute Gasteiger partial charge is 0.244 e. The lowest BCUT2D eigenvalue weighted by molar-refractivity contribution is -0.139. The first kappa shape index (κ1) is 27.4. The van der Waals surface area contributed by atoms with Gasteiger partial charge in [-0.1, -0.05) is 45.2 Å². The third kappa shape index (κ3) is 7.34. The molecule has 0 heterocycles. The van der Waals surface area contributed by atoms with Crippen LogP contribution in [0.1, 0.15) is 25.0 Å². The SMILES string of the molecule is CCNC(=O)C(C)N(Cc1ccc(Cl)cc1Cl)C(=O)CN(c1ccc(Br)c(C)c1)S(C)(=O)=O. The Morgan fingerprint density at radius 1 is 1.15 bits per heavy atom. The third-order valence-corrected chi connectivity index (χ3v) is 7.60. The van der Waals surface area contributed by atoms with Crippen LogP contribution in [0.4, 0.5) is 5.69 Å². The Kier molecular flexibility index (Phi) is 9.60. The lowest BCUT2D eigenvalue weighted by Gasteiger charge is -2.31. The highest BCUT2D eigenvalue weighted by molar-refractivity contribution is 9.10. The van der Waals surface area contributed by atoms with Gasteiger partial charge in [-0.25, -0.2) is 8.42 Å². The predicted molar refractivity (Wildman–Crippen MR) is 136 cm³/mol. The monoisotopic (exact) mass is 577 g/mol. The molecule has 2 amide bonds. The van der Waals surface area contributed by atoms with E-state index in [1.54, 1.807) is 50.2 Å². The second-order valence-corrected chi connectivity index (χ2v) is 11.1. The van der Waals surface area contributed by atoms with Crippen LogP contribution < -0.4 is 9.62 Å². The maximum absolute atomic E-state index is 13.4. The maximum Gasteiger partial charge on any atom is 0.244 e. The van der Waals surface area contributed by atoms with Gasteiger partial charge in [0.05, 0.1) is 11.9 Å². The first-order valence-corrected chi connectivity index (χ1v) is 13.5. The minimum atomic E-state index is -3.79. The van der Waals surface area contributed by atoms with Crippen molar-refractivity contribution in [2.45, 2.75) is 33.4 Å². The van der Waals surface area contributed by atoms with E-state index in [1.165, 1.54) is 4.90 Å². The van der Waals surface area contributed by atoms with E-state index in [1.807, 2.05) is 6.92 Å². The van der Waals surface area contributed by atoms with Gasteiger partial charge in [0.1, 0.15) is 12.6 Å². The quantitative estimate of drug-likeness (QED) is 0.478. The Morgan fingerprint density at radius 2 is 1.82 bits per heavy atom. The molecule has 0 bridgehead atoms. The second-order valence-electron chi connectivity index (χ2n) is 7.53. The summed E-state index contributed by atoms with van der Waals surface area (Å²) in [5.41, 5.74) is 1.74. The number of halogens is 3. The number of aryl methyl sites for hydroxylation is 1. The van der Waals surface area contributed by atoms with Crippen LogP contribution >= 0.6 is 39.1 Å². The number of amides is 2. The van der Waals surface area contributed by atoms with Crippen molar-refractivity contribution in [2.24, 2.45) is 0 Å². The van der Waals surface area contributed by atoms with Gasteiger partial charge in [-0.2, -0.15) is 0 Å². The zero-order chi connectivity index (χ0) is 24.9. The molecule has 0 saturated carbocycles. The predicted octanol–water partition coefficient (Wildman–Crippen LogP) is 4.38. The minimum Gasteiger partial charge on any atom is -0.355 e. The Morgan fingerprint density at radius 3 is 2.36 bits per heavy atom. The van der Waals surface area contributed by atoms with Crippen molar-refractivity contribution in [3.63, 3.8) is 0 Å². The number of hydrogen-bond acceptors (Lipinski definition) is 4. The van der Waals surface area contributed by atoms with Crippen LogP contribution in [0.25, 0.3) is 0 Å². The molecule has 0 spiro atoms. The molecule has 33 heavy (non-hydrogen) atoms. The molecule has 2 aromatic carbocycles. The zero-order valence-corrected chi connectivity index (χ0v) is 22.6. The van der Waals surface area contributed by atoms with Crippen molar-refractivity contribution in [3.05, 3.63) is 62.0 Å². The van der Waals surface area contributed by atoms with Gasteiger partial charge < -0.3 is 10.2 Å². The van der Waals surface area contributed by atoms with Gasteiger partial charge in [0.15, 0.2) is 0 Å². The molecule has 0 aliphatic heterocycles. The van der Waals surface area contributed by atoms with Crippen LogP contribution in [-0.4, -0.2) is 50.5 Å². The summed E-state index contributed by atoms with van der Waals surface area (Å²) in [7, 11) is -3.79. The number of carbonyl (C=O) groups is 2. The van der Waals surface area contributed by atoms with Crippen LogP contribution in [-0.2, 0) is 26.2 Å². The second kappa shape index (κ2) is 11.6. The van der Waals surface area contributed by atoms with E-state index in [-0.39, 0.29) is 12.5 Å². The molecule has 7 nitrogen and oxygen atoms in total. The van der Waals surface area contributed by atoms with Gasteiger partial charge in [0.2, 0.25) is 21.8 Å². The highest BCUT2D eigenvalue weighted by Crippen LogP contribution is 2.26. The third-order valence-electron chi connectivity index (χ3n) is 4.98. The fourth-order valence-corrected chi connectivity index (χ4v) is 4.69. The Hall–Kier alpha value is -1.81. The number of nitrogens with one attached hydrogen (secondary N) is 1. The maximum atomic E-state index is 13.4. The minimum absolute atomic E-state index is 0.00407. The Bertz CT molecular complexity index is 1140. The number of benzene rings is 2. The lowest BCUT2D eigenvalue weighted by Crippen LogP contribution is -2.51. The molecule has 11 heteroatoms. The molecule has 0 fully saturated rings. The van der Waals surface area contributed by atoms with Crippen molar-refractivity contribution in [2.75, 3.05) is 23.7 Å². The molecule has 0 aliphatic rings. The standard InChI is InChI=1S/C22H26BrCl2N3O4S/c1-5-26-22(30)15(3)27(12-16-6-7-17(24)11-20(16)25)21(29)13-28(33(4,31)32)18-8-9-19(23)14(2)10-18/h6-11,15H,5,12-13H2,1-4H3,(H,26,30). The molecule has 1 atom stereocenters. The molecule has 0 radical (unpaired) electrons. The average Bonchev–Trinajstić information content (AvgIpc) is 2.72. The topological polar surface area (TPSA) is 86.8 Å². The van der Waals surface area contributed by atoms with Crippen LogP contribution in [0.2, 0.25) is 10.0 Å². The van der Waals surface area contributed by atoms with Gasteiger partial charge in [-0.05, 0) is 62.2 Å². The van der Waals surface area contributed by atoms with E-state index in [4.69, 9.17) is 23.2 Å². The van der Waals surface area contributed by atoms with Gasteiger partial charge in [0.25, 0.3) is 0 Å². The summed E-state index contributed by atoms with van der Waals surface area (Å²) < 4.78 is 27.0. The van der Waals surface area contributed by atoms with Gasteiger partial charge in [-0.15, -0.1) is 0 Å².